The summed E-state index contributed by atoms with van der Waals surface area (Å²) in [5, 5.41) is 1.08. The van der Waals surface area contributed by atoms with E-state index < -0.39 is 0 Å². The average molecular weight is 336 g/mol. The van der Waals surface area contributed by atoms with E-state index in [-0.39, 0.29) is 11.4 Å². The van der Waals surface area contributed by atoms with Crippen molar-refractivity contribution in [3.8, 4) is 5.69 Å². The zero-order valence-corrected chi connectivity index (χ0v) is 14.1. The first-order valence-electron chi connectivity index (χ1n) is 7.31. The topological polar surface area (TPSA) is 34.9 Å². The monoisotopic (exact) mass is 336 g/mol. The van der Waals surface area contributed by atoms with Gasteiger partial charge in [-0.25, -0.2) is 9.37 Å². The zero-order valence-electron chi connectivity index (χ0n) is 12.5. The molecule has 3 rings (SSSR count). The van der Waals surface area contributed by atoms with Crippen LogP contribution in [0.15, 0.2) is 39.1 Å². The Bertz CT molecular complexity index is 743. The highest BCUT2D eigenvalue weighted by atomic mass is 32.2. The minimum Gasteiger partial charge on any atom is -0.268 e. The molecule has 0 N–H and O–H groups in total. The molecule has 1 aromatic carbocycles. The predicted molar refractivity (Wildman–Crippen MR) is 89.8 cm³/mol. The van der Waals surface area contributed by atoms with E-state index in [0.717, 1.165) is 29.2 Å². The van der Waals surface area contributed by atoms with Crippen molar-refractivity contribution in [3.63, 3.8) is 0 Å². The van der Waals surface area contributed by atoms with Crippen molar-refractivity contribution >= 4 is 23.5 Å². The molecule has 1 atom stereocenters. The van der Waals surface area contributed by atoms with Crippen LogP contribution in [-0.4, -0.2) is 20.6 Å². The summed E-state index contributed by atoms with van der Waals surface area (Å²) in [4.78, 5) is 18.3. The van der Waals surface area contributed by atoms with Crippen LogP contribution in [0.4, 0.5) is 4.39 Å². The van der Waals surface area contributed by atoms with Gasteiger partial charge in [0.1, 0.15) is 5.82 Å². The maximum Gasteiger partial charge on any atom is 0.272 e. The van der Waals surface area contributed by atoms with Gasteiger partial charge in [-0.2, -0.15) is 0 Å². The van der Waals surface area contributed by atoms with Crippen molar-refractivity contribution in [3.05, 3.63) is 46.1 Å². The summed E-state index contributed by atoms with van der Waals surface area (Å²) in [7, 11) is 0. The lowest BCUT2D eigenvalue weighted by Gasteiger charge is -2.13. The van der Waals surface area contributed by atoms with Gasteiger partial charge in [0.2, 0.25) is 0 Å². The number of hydrogen-bond donors (Lipinski definition) is 0. The summed E-state index contributed by atoms with van der Waals surface area (Å²) in [6.45, 7) is 4.20. The van der Waals surface area contributed by atoms with Crippen molar-refractivity contribution in [2.24, 2.45) is 0 Å². The Labute approximate surface area is 137 Å². The fraction of sp³-hybridized carbons (Fsp3) is 0.375. The molecular weight excluding hydrogens is 319 g/mol. The smallest absolute Gasteiger partial charge is 0.268 e. The molecule has 0 fully saturated rings. The maximum atomic E-state index is 13.2. The second-order valence-electron chi connectivity index (χ2n) is 5.27. The summed E-state index contributed by atoms with van der Waals surface area (Å²) >= 11 is 3.16. The highest BCUT2D eigenvalue weighted by Crippen LogP contribution is 2.34. The molecule has 22 heavy (non-hydrogen) atoms. The standard InChI is InChI=1S/C16H17FN2OS2/c1-3-8-21-16-18-13-9-10(2)22-14(13)15(20)19(16)12-6-4-11(17)5-7-12/h4-7,10H,3,8-9H2,1-2H3. The highest BCUT2D eigenvalue weighted by Gasteiger charge is 2.26. The summed E-state index contributed by atoms with van der Waals surface area (Å²) in [6.07, 6.45) is 1.84. The molecule has 2 aromatic rings. The quantitative estimate of drug-likeness (QED) is 0.626. The molecular formula is C16H17FN2OS2. The van der Waals surface area contributed by atoms with E-state index in [0.29, 0.717) is 16.1 Å². The van der Waals surface area contributed by atoms with E-state index in [1.807, 2.05) is 0 Å². The molecule has 0 spiro atoms. The van der Waals surface area contributed by atoms with Gasteiger partial charge in [0.15, 0.2) is 5.16 Å². The van der Waals surface area contributed by atoms with E-state index in [2.05, 4.69) is 13.8 Å². The van der Waals surface area contributed by atoms with Crippen molar-refractivity contribution in [1.29, 1.82) is 0 Å². The van der Waals surface area contributed by atoms with Crippen LogP contribution in [-0.2, 0) is 6.42 Å². The number of nitrogens with zero attached hydrogens (tertiary/aromatic N) is 2. The molecule has 3 nitrogen and oxygen atoms in total. The maximum absolute atomic E-state index is 13.2. The van der Waals surface area contributed by atoms with E-state index >= 15 is 0 Å². The Hall–Kier alpha value is -1.27. The van der Waals surface area contributed by atoms with Gasteiger partial charge in [-0.1, -0.05) is 25.6 Å². The summed E-state index contributed by atoms with van der Waals surface area (Å²) in [5.41, 5.74) is 1.53. The second kappa shape index (κ2) is 6.46. The van der Waals surface area contributed by atoms with Crippen LogP contribution < -0.4 is 5.56 Å². The number of fused-ring (bicyclic) bond motifs is 1. The molecule has 116 valence electrons. The van der Waals surface area contributed by atoms with Crippen LogP contribution in [0.1, 0.15) is 26.0 Å². The molecule has 6 heteroatoms. The Morgan fingerprint density at radius 2 is 2.14 bits per heavy atom. The number of thioether (sulfide) groups is 2. The Morgan fingerprint density at radius 1 is 1.41 bits per heavy atom. The average Bonchev–Trinajstić information content (AvgIpc) is 2.87. The van der Waals surface area contributed by atoms with Crippen molar-refractivity contribution in [2.45, 2.75) is 42.0 Å². The summed E-state index contributed by atoms with van der Waals surface area (Å²) in [5.74, 6) is 0.589. The van der Waals surface area contributed by atoms with Gasteiger partial charge in [0.25, 0.3) is 5.56 Å². The van der Waals surface area contributed by atoms with Crippen LogP contribution in [0.5, 0.6) is 0 Å². The molecule has 0 amide bonds. The first-order chi connectivity index (χ1) is 10.6. The van der Waals surface area contributed by atoms with E-state index in [9.17, 15) is 9.18 Å². The minimum atomic E-state index is -0.309. The van der Waals surface area contributed by atoms with Gasteiger partial charge in [-0.05, 0) is 30.7 Å². The van der Waals surface area contributed by atoms with Gasteiger partial charge in [-0.15, -0.1) is 11.8 Å². The third kappa shape index (κ3) is 2.94. The molecule has 0 aliphatic carbocycles. The highest BCUT2D eigenvalue weighted by molar-refractivity contribution is 8.00. The van der Waals surface area contributed by atoms with Gasteiger partial charge in [-0.3, -0.25) is 9.36 Å². The number of halogens is 1. The van der Waals surface area contributed by atoms with Crippen molar-refractivity contribution < 1.29 is 4.39 Å². The Kier molecular flexibility index (Phi) is 4.59. The van der Waals surface area contributed by atoms with Crippen LogP contribution in [0.3, 0.4) is 0 Å². The van der Waals surface area contributed by atoms with Crippen LogP contribution in [0, 0.1) is 5.82 Å². The lowest BCUT2D eigenvalue weighted by Crippen LogP contribution is -2.23. The molecule has 1 aliphatic rings. The normalized spacial score (nSPS) is 16.8. The summed E-state index contributed by atoms with van der Waals surface area (Å²) in [6, 6.07) is 6.01. The minimum absolute atomic E-state index is 0.0374. The van der Waals surface area contributed by atoms with Crippen molar-refractivity contribution in [2.75, 3.05) is 5.75 Å². The molecule has 0 bridgehead atoms. The molecule has 0 saturated heterocycles. The van der Waals surface area contributed by atoms with Crippen LogP contribution in [0.2, 0.25) is 0 Å². The first-order valence-corrected chi connectivity index (χ1v) is 9.18. The first kappa shape index (κ1) is 15.6. The Morgan fingerprint density at radius 3 is 2.82 bits per heavy atom. The number of aromatic nitrogens is 2. The lowest BCUT2D eigenvalue weighted by molar-refractivity contribution is 0.626. The fourth-order valence-electron chi connectivity index (χ4n) is 2.41. The second-order valence-corrected chi connectivity index (χ2v) is 7.78. The van der Waals surface area contributed by atoms with Crippen LogP contribution in [0.25, 0.3) is 5.69 Å². The fourth-order valence-corrected chi connectivity index (χ4v) is 4.39. The van der Waals surface area contributed by atoms with Gasteiger partial charge in [0, 0.05) is 17.4 Å². The number of benzene rings is 1. The molecule has 2 heterocycles. The summed E-state index contributed by atoms with van der Waals surface area (Å²) < 4.78 is 14.8. The number of rotatable bonds is 4. The zero-order chi connectivity index (χ0) is 15.7. The van der Waals surface area contributed by atoms with Crippen LogP contribution >= 0.6 is 23.5 Å². The van der Waals surface area contributed by atoms with E-state index in [1.54, 1.807) is 40.2 Å². The lowest BCUT2D eigenvalue weighted by atomic mass is 10.2. The van der Waals surface area contributed by atoms with E-state index in [1.165, 1.54) is 12.1 Å². The molecule has 1 unspecified atom stereocenters. The van der Waals surface area contributed by atoms with Gasteiger partial charge < -0.3 is 0 Å². The third-order valence-electron chi connectivity index (χ3n) is 3.40. The van der Waals surface area contributed by atoms with Gasteiger partial charge in [0.05, 0.1) is 16.3 Å². The predicted octanol–water partition coefficient (Wildman–Crippen LogP) is 3.91. The van der Waals surface area contributed by atoms with E-state index in [4.69, 9.17) is 4.98 Å². The van der Waals surface area contributed by atoms with Gasteiger partial charge >= 0.3 is 0 Å². The molecule has 0 radical (unpaired) electrons. The molecule has 0 saturated carbocycles. The number of hydrogen-bond acceptors (Lipinski definition) is 4. The SMILES string of the molecule is CCCSc1nc2c(c(=O)n1-c1ccc(F)cc1)SC(C)C2. The third-order valence-corrected chi connectivity index (χ3v) is 5.76. The molecule has 1 aromatic heterocycles. The Balaban J connectivity index is 2.16. The largest absolute Gasteiger partial charge is 0.272 e. The van der Waals surface area contributed by atoms with Crippen molar-refractivity contribution in [1.82, 2.24) is 9.55 Å². The molecule has 1 aliphatic heterocycles.